The van der Waals surface area contributed by atoms with Gasteiger partial charge in [-0.05, 0) is 74.7 Å². The average molecular weight is 452 g/mol. The van der Waals surface area contributed by atoms with E-state index >= 15 is 0 Å². The van der Waals surface area contributed by atoms with E-state index in [1.54, 1.807) is 0 Å². The van der Waals surface area contributed by atoms with Crippen molar-refractivity contribution in [2.45, 2.75) is 32.1 Å². The van der Waals surface area contributed by atoms with Crippen LogP contribution in [0.3, 0.4) is 0 Å². The fourth-order valence-corrected chi connectivity index (χ4v) is 5.25. The fraction of sp³-hybridized carbons (Fsp3) is 0.304. The molecule has 2 amide bonds. The van der Waals surface area contributed by atoms with Crippen LogP contribution in [0, 0.1) is 13.8 Å². The van der Waals surface area contributed by atoms with Crippen LogP contribution in [0.15, 0.2) is 40.9 Å². The van der Waals surface area contributed by atoms with Gasteiger partial charge in [-0.2, -0.15) is 0 Å². The molecule has 0 atom stereocenters. The Balaban J connectivity index is 1.67. The topological polar surface area (TPSA) is 65.2 Å². The molecule has 2 aliphatic heterocycles. The van der Waals surface area contributed by atoms with E-state index in [4.69, 9.17) is 0 Å². The Bertz CT molecular complexity index is 1170. The lowest BCUT2D eigenvalue weighted by Crippen LogP contribution is -2.48. The number of carbonyl (C=O) groups excluding carboxylic acids is 2. The first-order valence-electron chi connectivity index (χ1n) is 9.91. The van der Waals surface area contributed by atoms with Crippen LogP contribution in [0.1, 0.15) is 40.0 Å². The zero-order valence-electron chi connectivity index (χ0n) is 16.4. The van der Waals surface area contributed by atoms with E-state index in [-0.39, 0.29) is 11.8 Å². The minimum absolute atomic E-state index is 0.105. The number of aromatic nitrogens is 1. The summed E-state index contributed by atoms with van der Waals surface area (Å²) in [7, 11) is 0. The van der Waals surface area contributed by atoms with Gasteiger partial charge in [-0.25, -0.2) is 4.90 Å². The number of aryl methyl sites for hydroxylation is 2. The molecule has 148 valence electrons. The monoisotopic (exact) mass is 451 g/mol. The predicted octanol–water partition coefficient (Wildman–Crippen LogP) is 4.36. The summed E-state index contributed by atoms with van der Waals surface area (Å²) >= 11 is 3.54. The number of para-hydroxylation sites is 1. The molecule has 0 bridgehead atoms. The highest BCUT2D eigenvalue weighted by molar-refractivity contribution is 9.10. The third-order valence-corrected chi connectivity index (χ3v) is 7.00. The Morgan fingerprint density at radius 3 is 2.62 bits per heavy atom. The Morgan fingerprint density at radius 1 is 1.14 bits per heavy atom. The molecule has 2 N–H and O–H groups in total. The number of fused-ring (bicyclic) bond motifs is 3. The Hall–Kier alpha value is -2.44. The molecule has 3 heterocycles. The maximum atomic E-state index is 13.7. The van der Waals surface area contributed by atoms with E-state index < -0.39 is 5.41 Å². The number of imide groups is 1. The summed E-state index contributed by atoms with van der Waals surface area (Å²) in [4.78, 5) is 32.1. The zero-order chi connectivity index (χ0) is 20.3. The van der Waals surface area contributed by atoms with Crippen LogP contribution < -0.4 is 10.2 Å². The van der Waals surface area contributed by atoms with Crippen molar-refractivity contribution in [2.24, 2.45) is 0 Å². The van der Waals surface area contributed by atoms with Crippen molar-refractivity contribution in [1.82, 2.24) is 10.3 Å². The van der Waals surface area contributed by atoms with Gasteiger partial charge in [-0.1, -0.05) is 34.1 Å². The summed E-state index contributed by atoms with van der Waals surface area (Å²) < 4.78 is 0.925. The summed E-state index contributed by atoms with van der Waals surface area (Å²) in [6.45, 7) is 5.49. The van der Waals surface area contributed by atoms with E-state index in [0.29, 0.717) is 24.2 Å². The average Bonchev–Trinajstić information content (AvgIpc) is 3.17. The highest BCUT2D eigenvalue weighted by Gasteiger charge is 2.53. The number of anilines is 1. The van der Waals surface area contributed by atoms with Crippen LogP contribution in [0.5, 0.6) is 0 Å². The van der Waals surface area contributed by atoms with Gasteiger partial charge in [0.25, 0.3) is 5.91 Å². The standard InChI is InChI=1S/C23H22BrN3O2/c1-13-4-3-5-16-14(2)20(26-19(13)16)21(28)27-18-7-6-15(24)12-17(18)23(22(27)29)8-10-25-11-9-23/h3-7,12,25-26H,8-11H2,1-2H3. The van der Waals surface area contributed by atoms with Gasteiger partial charge in [0, 0.05) is 15.4 Å². The first-order valence-corrected chi connectivity index (χ1v) is 10.7. The predicted molar refractivity (Wildman–Crippen MR) is 118 cm³/mol. The molecule has 0 radical (unpaired) electrons. The van der Waals surface area contributed by atoms with Crippen LogP contribution in [0.25, 0.3) is 10.9 Å². The number of hydrogen-bond acceptors (Lipinski definition) is 3. The molecule has 29 heavy (non-hydrogen) atoms. The lowest BCUT2D eigenvalue weighted by molar-refractivity contribution is -0.123. The largest absolute Gasteiger partial charge is 0.350 e. The number of carbonyl (C=O) groups is 2. The number of nitrogens with zero attached hydrogens (tertiary/aromatic N) is 1. The summed E-state index contributed by atoms with van der Waals surface area (Å²) in [5.74, 6) is -0.381. The number of piperidine rings is 1. The maximum absolute atomic E-state index is 13.7. The number of benzene rings is 2. The molecule has 1 aromatic heterocycles. The lowest BCUT2D eigenvalue weighted by atomic mass is 9.74. The van der Waals surface area contributed by atoms with Crippen LogP contribution in [-0.2, 0) is 10.2 Å². The molecule has 2 aromatic carbocycles. The van der Waals surface area contributed by atoms with Crippen LogP contribution >= 0.6 is 15.9 Å². The molecule has 1 spiro atoms. The third-order valence-electron chi connectivity index (χ3n) is 6.50. The van der Waals surface area contributed by atoms with E-state index in [2.05, 4.69) is 26.2 Å². The Morgan fingerprint density at radius 2 is 1.90 bits per heavy atom. The molecular weight excluding hydrogens is 430 g/mol. The van der Waals surface area contributed by atoms with Gasteiger partial charge in [0.05, 0.1) is 11.1 Å². The van der Waals surface area contributed by atoms with Gasteiger partial charge < -0.3 is 10.3 Å². The highest BCUT2D eigenvalue weighted by Crippen LogP contribution is 2.48. The SMILES string of the molecule is Cc1c(C(=O)N2C(=O)C3(CCNCC3)c3cc(Br)ccc32)[nH]c2c(C)cccc12. The van der Waals surface area contributed by atoms with Gasteiger partial charge in [-0.15, -0.1) is 0 Å². The van der Waals surface area contributed by atoms with Gasteiger partial charge in [0.15, 0.2) is 0 Å². The van der Waals surface area contributed by atoms with Gasteiger partial charge in [0.1, 0.15) is 5.69 Å². The quantitative estimate of drug-likeness (QED) is 0.540. The number of nitrogens with one attached hydrogen (secondary N) is 2. The maximum Gasteiger partial charge on any atom is 0.281 e. The second-order valence-electron chi connectivity index (χ2n) is 8.06. The second-order valence-corrected chi connectivity index (χ2v) is 8.98. The Labute approximate surface area is 177 Å². The second kappa shape index (κ2) is 6.54. The molecule has 0 saturated carbocycles. The summed E-state index contributed by atoms with van der Waals surface area (Å²) in [6, 6.07) is 11.8. The number of H-pyrrole nitrogens is 1. The zero-order valence-corrected chi connectivity index (χ0v) is 18.0. The Kier molecular flexibility index (Phi) is 4.19. The molecule has 5 rings (SSSR count). The van der Waals surface area contributed by atoms with Crippen molar-refractivity contribution in [1.29, 1.82) is 0 Å². The van der Waals surface area contributed by atoms with Gasteiger partial charge >= 0.3 is 0 Å². The normalized spacial score (nSPS) is 17.9. The van der Waals surface area contributed by atoms with E-state index in [0.717, 1.165) is 45.2 Å². The summed E-state index contributed by atoms with van der Waals surface area (Å²) in [6.07, 6.45) is 1.40. The first kappa shape index (κ1) is 18.6. The van der Waals surface area contributed by atoms with Crippen molar-refractivity contribution in [3.8, 4) is 0 Å². The molecule has 1 saturated heterocycles. The van der Waals surface area contributed by atoms with E-state index in [1.165, 1.54) is 4.90 Å². The molecule has 5 nitrogen and oxygen atoms in total. The lowest BCUT2D eigenvalue weighted by Gasteiger charge is -2.32. The van der Waals surface area contributed by atoms with Crippen molar-refractivity contribution in [3.63, 3.8) is 0 Å². The first-order chi connectivity index (χ1) is 13.9. The van der Waals surface area contributed by atoms with Crippen molar-refractivity contribution in [2.75, 3.05) is 18.0 Å². The van der Waals surface area contributed by atoms with Crippen LogP contribution in [-0.4, -0.2) is 29.9 Å². The molecule has 2 aliphatic rings. The fourth-order valence-electron chi connectivity index (χ4n) is 4.89. The molecular formula is C23H22BrN3O2. The molecule has 0 aliphatic carbocycles. The highest BCUT2D eigenvalue weighted by atomic mass is 79.9. The van der Waals surface area contributed by atoms with Gasteiger partial charge in [0.2, 0.25) is 5.91 Å². The number of aromatic amines is 1. The van der Waals surface area contributed by atoms with Crippen molar-refractivity contribution < 1.29 is 9.59 Å². The molecule has 6 heteroatoms. The van der Waals surface area contributed by atoms with Crippen molar-refractivity contribution in [3.05, 3.63) is 63.3 Å². The minimum Gasteiger partial charge on any atom is -0.350 e. The number of amides is 2. The number of halogens is 1. The van der Waals surface area contributed by atoms with Crippen molar-refractivity contribution >= 4 is 44.3 Å². The minimum atomic E-state index is -0.629. The summed E-state index contributed by atoms with van der Waals surface area (Å²) in [5.41, 5.74) is 4.44. The van der Waals surface area contributed by atoms with Crippen LogP contribution in [0.2, 0.25) is 0 Å². The van der Waals surface area contributed by atoms with E-state index in [9.17, 15) is 9.59 Å². The van der Waals surface area contributed by atoms with E-state index in [1.807, 2.05) is 50.2 Å². The van der Waals surface area contributed by atoms with Crippen LogP contribution in [0.4, 0.5) is 5.69 Å². The smallest absolute Gasteiger partial charge is 0.281 e. The number of hydrogen-bond donors (Lipinski definition) is 2. The third kappa shape index (κ3) is 2.55. The van der Waals surface area contributed by atoms with Gasteiger partial charge in [-0.3, -0.25) is 9.59 Å². The molecule has 1 fully saturated rings. The molecule has 3 aromatic rings. The number of rotatable bonds is 1. The summed E-state index contributed by atoms with van der Waals surface area (Å²) in [5, 5.41) is 4.36. The molecule has 0 unspecified atom stereocenters.